The van der Waals surface area contributed by atoms with E-state index in [1.807, 2.05) is 25.1 Å². The molecule has 0 aliphatic carbocycles. The monoisotopic (exact) mass is 523 g/mol. The molecule has 2 heterocycles. The fraction of sp³-hybridized carbons (Fsp3) is 0.172. The summed E-state index contributed by atoms with van der Waals surface area (Å²) in [5.41, 5.74) is 5.69. The molecule has 38 heavy (non-hydrogen) atoms. The summed E-state index contributed by atoms with van der Waals surface area (Å²) in [6.45, 7) is 4.04. The van der Waals surface area contributed by atoms with Crippen LogP contribution < -0.4 is 10.6 Å². The number of H-pyrrole nitrogens is 1. The summed E-state index contributed by atoms with van der Waals surface area (Å²) in [5, 5.41) is 22.0. The van der Waals surface area contributed by atoms with E-state index in [9.17, 15) is 10.1 Å². The minimum Gasteiger partial charge on any atom is -0.369 e. The Kier molecular flexibility index (Phi) is 7.50. The van der Waals surface area contributed by atoms with Crippen molar-refractivity contribution in [2.24, 2.45) is 0 Å². The highest BCUT2D eigenvalue weighted by Gasteiger charge is 2.25. The third kappa shape index (κ3) is 5.44. The average Bonchev–Trinajstić information content (AvgIpc) is 3.55. The van der Waals surface area contributed by atoms with Crippen LogP contribution in [0.2, 0.25) is 5.02 Å². The summed E-state index contributed by atoms with van der Waals surface area (Å²) in [6.07, 6.45) is 2.49. The molecular formula is C29H26ClN7O. The molecule has 3 N–H and O–H groups in total. The van der Waals surface area contributed by atoms with Gasteiger partial charge >= 0.3 is 0 Å². The quantitative estimate of drug-likeness (QED) is 0.167. The zero-order valence-electron chi connectivity index (χ0n) is 20.8. The number of aromatic amines is 1. The number of anilines is 1. The number of aryl methyl sites for hydroxylation is 1. The lowest BCUT2D eigenvalue weighted by Gasteiger charge is -2.11. The van der Waals surface area contributed by atoms with Crippen molar-refractivity contribution in [1.82, 2.24) is 25.1 Å². The molecule has 0 saturated carbocycles. The van der Waals surface area contributed by atoms with Gasteiger partial charge in [-0.1, -0.05) is 47.5 Å². The Bertz CT molecular complexity index is 1610. The smallest absolute Gasteiger partial charge is 0.214 e. The van der Waals surface area contributed by atoms with Crippen LogP contribution >= 0.6 is 11.6 Å². The van der Waals surface area contributed by atoms with Gasteiger partial charge in [0.05, 0.1) is 23.0 Å². The topological polar surface area (TPSA) is 111 Å². The van der Waals surface area contributed by atoms with Crippen LogP contribution in [0.15, 0.2) is 73.1 Å². The first-order chi connectivity index (χ1) is 18.5. The first-order valence-corrected chi connectivity index (χ1v) is 12.7. The number of imidazole rings is 1. The number of halogens is 1. The maximum absolute atomic E-state index is 13.3. The van der Waals surface area contributed by atoms with Crippen molar-refractivity contribution in [2.75, 3.05) is 18.4 Å². The second-order valence-electron chi connectivity index (χ2n) is 8.98. The number of nitrogens with zero attached hydrogens (tertiary/aromatic N) is 4. The number of hydrogen-bond acceptors (Lipinski definition) is 6. The zero-order valence-corrected chi connectivity index (χ0v) is 21.6. The summed E-state index contributed by atoms with van der Waals surface area (Å²) in [4.78, 5) is 20.7. The number of carbonyl (C=O) groups is 1. The molecule has 5 aromatic rings. The van der Waals surface area contributed by atoms with Gasteiger partial charge in [-0.05, 0) is 61.9 Å². The molecule has 0 amide bonds. The SMILES string of the molecule is Cc1ccc(C(=O)c2nn(-c3ccc(Cl)cc3)c(NCCCNCc3ccc4nc[nH]c4c3)c2C#N)cc1. The Balaban J connectivity index is 1.30. The second-order valence-corrected chi connectivity index (χ2v) is 9.41. The molecule has 2 aromatic heterocycles. The lowest BCUT2D eigenvalue weighted by molar-refractivity contribution is 0.103. The van der Waals surface area contributed by atoms with E-state index in [1.54, 1.807) is 47.4 Å². The van der Waals surface area contributed by atoms with E-state index in [0.29, 0.717) is 28.6 Å². The maximum atomic E-state index is 13.3. The molecule has 0 radical (unpaired) electrons. The summed E-state index contributed by atoms with van der Waals surface area (Å²) >= 11 is 6.08. The number of ketones is 1. The van der Waals surface area contributed by atoms with Crippen LogP contribution in [0.5, 0.6) is 0 Å². The average molecular weight is 524 g/mol. The third-order valence-electron chi connectivity index (χ3n) is 6.23. The number of benzene rings is 3. The fourth-order valence-electron chi connectivity index (χ4n) is 4.20. The van der Waals surface area contributed by atoms with Gasteiger partial charge in [-0.15, -0.1) is 0 Å². The van der Waals surface area contributed by atoms with Crippen molar-refractivity contribution in [2.45, 2.75) is 19.9 Å². The molecule has 3 aromatic carbocycles. The van der Waals surface area contributed by atoms with Crippen LogP contribution in [0, 0.1) is 18.3 Å². The normalized spacial score (nSPS) is 11.0. The van der Waals surface area contributed by atoms with E-state index >= 15 is 0 Å². The summed E-state index contributed by atoms with van der Waals surface area (Å²) in [6, 6.07) is 22.7. The summed E-state index contributed by atoms with van der Waals surface area (Å²) in [5.74, 6) is 0.184. The van der Waals surface area contributed by atoms with Gasteiger partial charge in [-0.25, -0.2) is 9.67 Å². The van der Waals surface area contributed by atoms with Crippen LogP contribution in [0.3, 0.4) is 0 Å². The van der Waals surface area contributed by atoms with Gasteiger partial charge in [0.25, 0.3) is 0 Å². The van der Waals surface area contributed by atoms with E-state index in [4.69, 9.17) is 11.6 Å². The van der Waals surface area contributed by atoms with Crippen molar-refractivity contribution >= 4 is 34.2 Å². The number of aromatic nitrogens is 4. The van der Waals surface area contributed by atoms with E-state index < -0.39 is 0 Å². The first kappa shape index (κ1) is 25.2. The largest absolute Gasteiger partial charge is 0.369 e. The zero-order chi connectivity index (χ0) is 26.5. The number of nitriles is 1. The van der Waals surface area contributed by atoms with E-state index in [-0.39, 0.29) is 17.0 Å². The van der Waals surface area contributed by atoms with Crippen LogP contribution in [-0.2, 0) is 6.54 Å². The Morgan fingerprint density at radius 3 is 2.63 bits per heavy atom. The van der Waals surface area contributed by atoms with Gasteiger partial charge in [0, 0.05) is 23.7 Å². The molecular weight excluding hydrogens is 498 g/mol. The van der Waals surface area contributed by atoms with E-state index in [2.05, 4.69) is 43.9 Å². The molecule has 8 nitrogen and oxygen atoms in total. The molecule has 9 heteroatoms. The molecule has 0 aliphatic heterocycles. The maximum Gasteiger partial charge on any atom is 0.214 e. The lowest BCUT2D eigenvalue weighted by Crippen LogP contribution is -2.18. The van der Waals surface area contributed by atoms with Gasteiger partial charge in [0.1, 0.15) is 17.5 Å². The Morgan fingerprint density at radius 1 is 1.08 bits per heavy atom. The van der Waals surface area contributed by atoms with Crippen molar-refractivity contribution in [1.29, 1.82) is 5.26 Å². The van der Waals surface area contributed by atoms with Gasteiger partial charge in [-0.2, -0.15) is 10.4 Å². The fourth-order valence-corrected chi connectivity index (χ4v) is 4.33. The first-order valence-electron chi connectivity index (χ1n) is 12.3. The molecule has 0 unspecified atom stereocenters. The predicted octanol–water partition coefficient (Wildman–Crippen LogP) is 5.40. The summed E-state index contributed by atoms with van der Waals surface area (Å²) in [7, 11) is 0. The highest BCUT2D eigenvalue weighted by molar-refractivity contribution is 6.30. The van der Waals surface area contributed by atoms with Gasteiger partial charge < -0.3 is 15.6 Å². The van der Waals surface area contributed by atoms with Crippen molar-refractivity contribution in [3.63, 3.8) is 0 Å². The van der Waals surface area contributed by atoms with Crippen molar-refractivity contribution in [3.8, 4) is 11.8 Å². The lowest BCUT2D eigenvalue weighted by atomic mass is 10.0. The van der Waals surface area contributed by atoms with Crippen LogP contribution in [0.25, 0.3) is 16.7 Å². The molecule has 0 saturated heterocycles. The molecule has 0 fully saturated rings. The molecule has 0 bridgehead atoms. The van der Waals surface area contributed by atoms with E-state index in [0.717, 1.165) is 36.1 Å². The number of rotatable bonds is 10. The van der Waals surface area contributed by atoms with E-state index in [1.165, 1.54) is 5.56 Å². The summed E-state index contributed by atoms with van der Waals surface area (Å²) < 4.78 is 1.60. The molecule has 190 valence electrons. The number of carbonyl (C=O) groups excluding carboxylic acids is 1. The van der Waals surface area contributed by atoms with Gasteiger partial charge in [-0.3, -0.25) is 4.79 Å². The number of nitrogens with one attached hydrogen (secondary N) is 3. The number of hydrogen-bond donors (Lipinski definition) is 3. The Hall–Kier alpha value is -4.45. The predicted molar refractivity (Wildman–Crippen MR) is 149 cm³/mol. The van der Waals surface area contributed by atoms with Gasteiger partial charge in [0.15, 0.2) is 5.69 Å². The third-order valence-corrected chi connectivity index (χ3v) is 6.49. The van der Waals surface area contributed by atoms with Crippen molar-refractivity contribution in [3.05, 3.63) is 106 Å². The minimum absolute atomic E-state index is 0.112. The second kappa shape index (κ2) is 11.3. The van der Waals surface area contributed by atoms with Crippen LogP contribution in [-0.4, -0.2) is 38.6 Å². The van der Waals surface area contributed by atoms with Crippen molar-refractivity contribution < 1.29 is 4.79 Å². The van der Waals surface area contributed by atoms with Crippen LogP contribution in [0.4, 0.5) is 5.82 Å². The Morgan fingerprint density at radius 2 is 1.87 bits per heavy atom. The minimum atomic E-state index is -0.298. The van der Waals surface area contributed by atoms with Crippen LogP contribution in [0.1, 0.15) is 39.2 Å². The molecule has 0 aliphatic rings. The van der Waals surface area contributed by atoms with Gasteiger partial charge in [0.2, 0.25) is 5.78 Å². The highest BCUT2D eigenvalue weighted by Crippen LogP contribution is 2.26. The standard InChI is InChI=1S/C29H26ClN7O/c1-19-3-6-21(7-4-19)28(38)27-24(16-31)29(37(36-27)23-10-8-22(30)9-11-23)33-14-2-13-32-17-20-5-12-25-26(15-20)35-18-34-25/h3-12,15,18,32-33H,2,13-14,17H2,1H3,(H,34,35). The molecule has 0 atom stereocenters. The Labute approximate surface area is 225 Å². The highest BCUT2D eigenvalue weighted by atomic mass is 35.5. The number of fused-ring (bicyclic) bond motifs is 1. The molecule has 0 spiro atoms. The molecule has 5 rings (SSSR count).